The minimum Gasteiger partial charge on any atom is -0.337 e. The molecule has 0 fully saturated rings. The summed E-state index contributed by atoms with van der Waals surface area (Å²) in [4.78, 5) is 11.0. The third-order valence-electron chi connectivity index (χ3n) is 2.63. The molecule has 0 saturated heterocycles. The van der Waals surface area contributed by atoms with Gasteiger partial charge in [0.2, 0.25) is 5.95 Å². The number of nitrogens with zero attached hydrogens (tertiary/aromatic N) is 3. The first-order valence-corrected chi connectivity index (χ1v) is 5.24. The van der Waals surface area contributed by atoms with Crippen LogP contribution in [0.4, 0.5) is 5.95 Å². The smallest absolute Gasteiger partial charge is 0.225 e. The van der Waals surface area contributed by atoms with Gasteiger partial charge >= 0.3 is 0 Å². The van der Waals surface area contributed by atoms with Crippen molar-refractivity contribution in [2.45, 2.75) is 19.9 Å². The zero-order chi connectivity index (χ0) is 10.7. The molecule has 1 aliphatic rings. The fourth-order valence-corrected chi connectivity index (χ4v) is 1.66. The van der Waals surface area contributed by atoms with E-state index in [1.165, 1.54) is 0 Å². The Hall–Kier alpha value is -1.42. The normalized spacial score (nSPS) is 15.7. The molecular formula is C11H16N4. The summed E-state index contributed by atoms with van der Waals surface area (Å²) in [6.45, 7) is 4.39. The molecule has 0 saturated carbocycles. The van der Waals surface area contributed by atoms with E-state index in [2.05, 4.69) is 27.0 Å². The molecule has 0 radical (unpaired) electrons. The Morgan fingerprint density at radius 2 is 2.33 bits per heavy atom. The number of hydrogen-bond donors (Lipinski definition) is 1. The zero-order valence-corrected chi connectivity index (χ0v) is 8.98. The average Bonchev–Trinajstić information content (AvgIpc) is 2.30. The summed E-state index contributed by atoms with van der Waals surface area (Å²) < 4.78 is 0. The topological polar surface area (TPSA) is 55.0 Å². The number of nitrogens with two attached hydrogens (primary N) is 1. The molecule has 0 atom stereocenters. The second-order valence-corrected chi connectivity index (χ2v) is 3.69. The molecule has 1 aromatic rings. The predicted octanol–water partition coefficient (Wildman–Crippen LogP) is 1.01. The van der Waals surface area contributed by atoms with Gasteiger partial charge in [-0.05, 0) is 13.3 Å². The molecule has 4 nitrogen and oxygen atoms in total. The standard InChI is InChI=1S/C11H16N4/c1-9-10(7-12)8-13-11(14-9)15-5-3-2-4-6-15/h2-3,8H,4-7,12H2,1H3. The van der Waals surface area contributed by atoms with Crippen molar-refractivity contribution >= 4 is 5.95 Å². The minimum atomic E-state index is 0.506. The summed E-state index contributed by atoms with van der Waals surface area (Å²) in [6.07, 6.45) is 7.24. The van der Waals surface area contributed by atoms with Gasteiger partial charge in [0, 0.05) is 37.1 Å². The number of rotatable bonds is 2. The fourth-order valence-electron chi connectivity index (χ4n) is 1.66. The zero-order valence-electron chi connectivity index (χ0n) is 8.98. The maximum absolute atomic E-state index is 5.57. The molecule has 80 valence electrons. The molecule has 0 amide bonds. The lowest BCUT2D eigenvalue weighted by Crippen LogP contribution is -2.28. The summed E-state index contributed by atoms with van der Waals surface area (Å²) >= 11 is 0. The minimum absolute atomic E-state index is 0.506. The number of hydrogen-bond acceptors (Lipinski definition) is 4. The second kappa shape index (κ2) is 4.40. The van der Waals surface area contributed by atoms with Crippen molar-refractivity contribution in [2.24, 2.45) is 5.73 Å². The van der Waals surface area contributed by atoms with Gasteiger partial charge in [0.1, 0.15) is 0 Å². The van der Waals surface area contributed by atoms with Crippen LogP contribution >= 0.6 is 0 Å². The van der Waals surface area contributed by atoms with E-state index >= 15 is 0 Å². The van der Waals surface area contributed by atoms with Crippen LogP contribution in [0.25, 0.3) is 0 Å². The van der Waals surface area contributed by atoms with Crippen molar-refractivity contribution in [3.05, 3.63) is 29.6 Å². The molecule has 0 unspecified atom stereocenters. The van der Waals surface area contributed by atoms with Crippen LogP contribution < -0.4 is 10.6 Å². The molecule has 0 aromatic carbocycles. The van der Waals surface area contributed by atoms with E-state index in [-0.39, 0.29) is 0 Å². The summed E-state index contributed by atoms with van der Waals surface area (Å²) in [6, 6.07) is 0. The summed E-state index contributed by atoms with van der Waals surface area (Å²) in [5.41, 5.74) is 7.58. The van der Waals surface area contributed by atoms with Gasteiger partial charge in [-0.25, -0.2) is 9.97 Å². The van der Waals surface area contributed by atoms with Gasteiger partial charge in [0.25, 0.3) is 0 Å². The van der Waals surface area contributed by atoms with E-state index < -0.39 is 0 Å². The summed E-state index contributed by atoms with van der Waals surface area (Å²) in [5, 5.41) is 0. The molecule has 4 heteroatoms. The van der Waals surface area contributed by atoms with E-state index in [0.29, 0.717) is 6.54 Å². The molecule has 2 rings (SSSR count). The van der Waals surface area contributed by atoms with Gasteiger partial charge in [-0.3, -0.25) is 0 Å². The Morgan fingerprint density at radius 3 is 2.93 bits per heavy atom. The quantitative estimate of drug-likeness (QED) is 0.730. The van der Waals surface area contributed by atoms with Crippen LogP contribution in [0.3, 0.4) is 0 Å². The summed E-state index contributed by atoms with van der Waals surface area (Å²) in [5.74, 6) is 0.814. The highest BCUT2D eigenvalue weighted by Crippen LogP contribution is 2.13. The number of aromatic nitrogens is 2. The van der Waals surface area contributed by atoms with Gasteiger partial charge in [0.05, 0.1) is 0 Å². The first kappa shape index (κ1) is 10.1. The molecular weight excluding hydrogens is 188 g/mol. The molecule has 2 heterocycles. The van der Waals surface area contributed by atoms with Crippen molar-refractivity contribution in [3.63, 3.8) is 0 Å². The van der Waals surface area contributed by atoms with Crippen LogP contribution in [-0.2, 0) is 6.54 Å². The van der Waals surface area contributed by atoms with Crippen molar-refractivity contribution in [2.75, 3.05) is 18.0 Å². The SMILES string of the molecule is Cc1nc(N2CC=CCC2)ncc1CN. The van der Waals surface area contributed by atoms with Crippen LogP contribution in [0.1, 0.15) is 17.7 Å². The Labute approximate surface area is 89.8 Å². The van der Waals surface area contributed by atoms with E-state index in [1.807, 2.05) is 13.1 Å². The lowest BCUT2D eigenvalue weighted by atomic mass is 10.2. The molecule has 0 spiro atoms. The molecule has 1 aromatic heterocycles. The Balaban J connectivity index is 2.21. The van der Waals surface area contributed by atoms with E-state index in [1.54, 1.807) is 0 Å². The Bertz CT molecular complexity index is 373. The lowest BCUT2D eigenvalue weighted by molar-refractivity contribution is 0.778. The highest BCUT2D eigenvalue weighted by atomic mass is 15.2. The second-order valence-electron chi connectivity index (χ2n) is 3.69. The van der Waals surface area contributed by atoms with Gasteiger partial charge in [-0.15, -0.1) is 0 Å². The fraction of sp³-hybridized carbons (Fsp3) is 0.455. The highest BCUT2D eigenvalue weighted by Gasteiger charge is 2.11. The first-order valence-electron chi connectivity index (χ1n) is 5.24. The lowest BCUT2D eigenvalue weighted by Gasteiger charge is -2.23. The first-order chi connectivity index (χ1) is 7.31. The third-order valence-corrected chi connectivity index (χ3v) is 2.63. The van der Waals surface area contributed by atoms with E-state index in [4.69, 9.17) is 5.73 Å². The molecule has 15 heavy (non-hydrogen) atoms. The van der Waals surface area contributed by atoms with Crippen LogP contribution in [0.15, 0.2) is 18.3 Å². The predicted molar refractivity (Wildman–Crippen MR) is 60.6 cm³/mol. The molecule has 0 bridgehead atoms. The summed E-state index contributed by atoms with van der Waals surface area (Å²) in [7, 11) is 0. The van der Waals surface area contributed by atoms with Gasteiger partial charge < -0.3 is 10.6 Å². The van der Waals surface area contributed by atoms with Crippen LogP contribution in [0.2, 0.25) is 0 Å². The highest BCUT2D eigenvalue weighted by molar-refractivity contribution is 5.35. The van der Waals surface area contributed by atoms with E-state index in [9.17, 15) is 0 Å². The van der Waals surface area contributed by atoms with E-state index in [0.717, 1.165) is 36.7 Å². The number of anilines is 1. The van der Waals surface area contributed by atoms with Gasteiger partial charge in [-0.2, -0.15) is 0 Å². The van der Waals surface area contributed by atoms with Gasteiger partial charge in [-0.1, -0.05) is 12.2 Å². The Kier molecular flexibility index (Phi) is 2.97. The maximum atomic E-state index is 5.57. The van der Waals surface area contributed by atoms with Crippen molar-refractivity contribution in [1.82, 2.24) is 9.97 Å². The maximum Gasteiger partial charge on any atom is 0.225 e. The van der Waals surface area contributed by atoms with Crippen molar-refractivity contribution < 1.29 is 0 Å². The van der Waals surface area contributed by atoms with Crippen molar-refractivity contribution in [1.29, 1.82) is 0 Å². The van der Waals surface area contributed by atoms with Crippen molar-refractivity contribution in [3.8, 4) is 0 Å². The Morgan fingerprint density at radius 1 is 1.47 bits per heavy atom. The van der Waals surface area contributed by atoms with Crippen LogP contribution in [-0.4, -0.2) is 23.1 Å². The number of aryl methyl sites for hydroxylation is 1. The van der Waals surface area contributed by atoms with Crippen LogP contribution in [0.5, 0.6) is 0 Å². The average molecular weight is 204 g/mol. The molecule has 1 aliphatic heterocycles. The third kappa shape index (κ3) is 2.15. The molecule has 0 aliphatic carbocycles. The van der Waals surface area contributed by atoms with Crippen LogP contribution in [0, 0.1) is 6.92 Å². The van der Waals surface area contributed by atoms with Gasteiger partial charge in [0.15, 0.2) is 0 Å². The monoisotopic (exact) mass is 204 g/mol. The molecule has 2 N–H and O–H groups in total. The largest absolute Gasteiger partial charge is 0.337 e.